The Bertz CT molecular complexity index is 269. The molecule has 70 valence electrons. The fraction of sp³-hybridized carbons (Fsp3) is 0.700. The molecule has 1 N–H and O–H groups in total. The first kappa shape index (κ1) is 8.58. The number of hydrogen-bond acceptors (Lipinski definition) is 2. The van der Waals surface area contributed by atoms with Crippen LogP contribution in [-0.4, -0.2) is 28.7 Å². The van der Waals surface area contributed by atoms with Gasteiger partial charge in [0.15, 0.2) is 0 Å². The van der Waals surface area contributed by atoms with E-state index in [9.17, 15) is 9.90 Å². The topological polar surface area (TPSA) is 40.5 Å². The quantitative estimate of drug-likeness (QED) is 0.615. The molecule has 2 rings (SSSR count). The fourth-order valence-electron chi connectivity index (χ4n) is 2.19. The Morgan fingerprint density at radius 2 is 2.38 bits per heavy atom. The molecule has 1 heterocycles. The van der Waals surface area contributed by atoms with E-state index in [0.29, 0.717) is 13.0 Å². The Morgan fingerprint density at radius 1 is 1.62 bits per heavy atom. The first-order valence-electron chi connectivity index (χ1n) is 4.67. The highest BCUT2D eigenvalue weighted by molar-refractivity contribution is 5.82. The number of aliphatic hydroxyl groups is 1. The van der Waals surface area contributed by atoms with Crippen LogP contribution in [0.1, 0.15) is 19.3 Å². The van der Waals surface area contributed by atoms with E-state index in [1.54, 1.807) is 0 Å². The standard InChI is InChI=1S/C10H13NO2/c1-2-3-6-11-9(12)7-4-5-8(7)10(11)13/h1,7-9,12H,3-6H2. The molecule has 2 fully saturated rings. The molecule has 13 heavy (non-hydrogen) atoms. The van der Waals surface area contributed by atoms with E-state index in [-0.39, 0.29) is 17.7 Å². The van der Waals surface area contributed by atoms with E-state index in [4.69, 9.17) is 6.42 Å². The number of fused-ring (bicyclic) bond motifs is 1. The molecule has 0 bridgehead atoms. The zero-order valence-corrected chi connectivity index (χ0v) is 7.44. The molecule has 0 aromatic rings. The number of amides is 1. The van der Waals surface area contributed by atoms with Crippen molar-refractivity contribution in [3.63, 3.8) is 0 Å². The third kappa shape index (κ3) is 1.13. The Kier molecular flexibility index (Phi) is 2.01. The van der Waals surface area contributed by atoms with Crippen LogP contribution in [0.5, 0.6) is 0 Å². The molecular formula is C10H13NO2. The second kappa shape index (κ2) is 3.04. The average Bonchev–Trinajstić information content (AvgIpc) is 2.16. The van der Waals surface area contributed by atoms with Gasteiger partial charge in [-0.2, -0.15) is 0 Å². The number of carbonyl (C=O) groups excluding carboxylic acids is 1. The van der Waals surface area contributed by atoms with Gasteiger partial charge in [0.25, 0.3) is 0 Å². The molecule has 1 aliphatic carbocycles. The molecule has 3 nitrogen and oxygen atoms in total. The summed E-state index contributed by atoms with van der Waals surface area (Å²) in [5, 5.41) is 9.71. The molecule has 0 aromatic heterocycles. The van der Waals surface area contributed by atoms with Crippen molar-refractivity contribution < 1.29 is 9.90 Å². The fourth-order valence-corrected chi connectivity index (χ4v) is 2.19. The van der Waals surface area contributed by atoms with Crippen LogP contribution >= 0.6 is 0 Å². The highest BCUT2D eigenvalue weighted by Crippen LogP contribution is 2.44. The van der Waals surface area contributed by atoms with Crippen molar-refractivity contribution in [1.82, 2.24) is 4.90 Å². The molecule has 1 saturated carbocycles. The van der Waals surface area contributed by atoms with Crippen molar-refractivity contribution in [1.29, 1.82) is 0 Å². The van der Waals surface area contributed by atoms with Gasteiger partial charge in [0, 0.05) is 24.8 Å². The van der Waals surface area contributed by atoms with Gasteiger partial charge in [-0.25, -0.2) is 0 Å². The normalized spacial score (nSPS) is 36.8. The highest BCUT2D eigenvalue weighted by Gasteiger charge is 2.51. The van der Waals surface area contributed by atoms with Crippen LogP contribution in [-0.2, 0) is 4.79 Å². The van der Waals surface area contributed by atoms with Crippen molar-refractivity contribution in [3.8, 4) is 12.3 Å². The summed E-state index contributed by atoms with van der Waals surface area (Å²) in [7, 11) is 0. The van der Waals surface area contributed by atoms with Gasteiger partial charge in [0.05, 0.1) is 0 Å². The molecule has 0 aromatic carbocycles. The third-order valence-electron chi connectivity index (χ3n) is 3.13. The molecule has 3 heteroatoms. The van der Waals surface area contributed by atoms with E-state index in [0.717, 1.165) is 12.8 Å². The second-order valence-electron chi connectivity index (χ2n) is 3.75. The molecule has 3 atom stereocenters. The monoisotopic (exact) mass is 179 g/mol. The van der Waals surface area contributed by atoms with Crippen molar-refractivity contribution in [2.24, 2.45) is 11.8 Å². The highest BCUT2D eigenvalue weighted by atomic mass is 16.3. The zero-order chi connectivity index (χ0) is 9.42. The van der Waals surface area contributed by atoms with Crippen LogP contribution in [0.4, 0.5) is 0 Å². The van der Waals surface area contributed by atoms with Gasteiger partial charge in [-0.15, -0.1) is 12.3 Å². The van der Waals surface area contributed by atoms with Gasteiger partial charge >= 0.3 is 0 Å². The average molecular weight is 179 g/mol. The zero-order valence-electron chi connectivity index (χ0n) is 7.44. The van der Waals surface area contributed by atoms with Gasteiger partial charge in [0.1, 0.15) is 6.23 Å². The second-order valence-corrected chi connectivity index (χ2v) is 3.75. The lowest BCUT2D eigenvalue weighted by atomic mass is 9.75. The summed E-state index contributed by atoms with van der Waals surface area (Å²) in [5.74, 6) is 2.85. The van der Waals surface area contributed by atoms with Crippen LogP contribution in [0.3, 0.4) is 0 Å². The first-order chi connectivity index (χ1) is 6.25. The van der Waals surface area contributed by atoms with Crippen molar-refractivity contribution in [2.75, 3.05) is 6.54 Å². The SMILES string of the molecule is C#CCCN1C(=O)C2CCC2C1O. The Labute approximate surface area is 77.7 Å². The predicted molar refractivity (Wildman–Crippen MR) is 47.4 cm³/mol. The Balaban J connectivity index is 2.03. The summed E-state index contributed by atoms with van der Waals surface area (Å²) in [4.78, 5) is 13.1. The summed E-state index contributed by atoms with van der Waals surface area (Å²) in [5.41, 5.74) is 0. The largest absolute Gasteiger partial charge is 0.373 e. The number of rotatable bonds is 2. The number of nitrogens with zero attached hydrogens (tertiary/aromatic N) is 1. The molecule has 1 amide bonds. The summed E-state index contributed by atoms with van der Waals surface area (Å²) >= 11 is 0. The summed E-state index contributed by atoms with van der Waals surface area (Å²) in [6.45, 7) is 0.503. The van der Waals surface area contributed by atoms with Gasteiger partial charge < -0.3 is 10.0 Å². The number of terminal acetylenes is 1. The van der Waals surface area contributed by atoms with Crippen LogP contribution < -0.4 is 0 Å². The smallest absolute Gasteiger partial charge is 0.228 e. The minimum atomic E-state index is -0.570. The van der Waals surface area contributed by atoms with Crippen molar-refractivity contribution in [2.45, 2.75) is 25.5 Å². The minimum absolute atomic E-state index is 0.0905. The molecule has 0 radical (unpaired) electrons. The molecule has 3 unspecified atom stereocenters. The Hall–Kier alpha value is -1.01. The van der Waals surface area contributed by atoms with E-state index in [1.807, 2.05) is 0 Å². The maximum absolute atomic E-state index is 11.6. The van der Waals surface area contributed by atoms with E-state index in [2.05, 4.69) is 5.92 Å². The molecule has 2 aliphatic rings. The lowest BCUT2D eigenvalue weighted by Gasteiger charge is -2.28. The summed E-state index contributed by atoms with van der Waals surface area (Å²) in [6.07, 6.45) is 6.99. The predicted octanol–water partition coefficient (Wildman–Crippen LogP) is 0.196. The van der Waals surface area contributed by atoms with Gasteiger partial charge in [-0.1, -0.05) is 0 Å². The Morgan fingerprint density at radius 3 is 2.77 bits per heavy atom. The summed E-state index contributed by atoms with van der Waals surface area (Å²) < 4.78 is 0. The number of carbonyl (C=O) groups is 1. The van der Waals surface area contributed by atoms with Gasteiger partial charge in [0.2, 0.25) is 5.91 Å². The van der Waals surface area contributed by atoms with Crippen LogP contribution in [0.2, 0.25) is 0 Å². The third-order valence-corrected chi connectivity index (χ3v) is 3.13. The molecule has 1 aliphatic heterocycles. The minimum Gasteiger partial charge on any atom is -0.373 e. The van der Waals surface area contributed by atoms with Gasteiger partial charge in [-0.05, 0) is 12.8 Å². The molecular weight excluding hydrogens is 166 g/mol. The first-order valence-corrected chi connectivity index (χ1v) is 4.67. The lowest BCUT2D eigenvalue weighted by Crippen LogP contribution is -2.35. The van der Waals surface area contributed by atoms with E-state index in [1.165, 1.54) is 4.90 Å². The molecule has 0 spiro atoms. The van der Waals surface area contributed by atoms with Crippen LogP contribution in [0.15, 0.2) is 0 Å². The molecule has 1 saturated heterocycles. The van der Waals surface area contributed by atoms with E-state index >= 15 is 0 Å². The lowest BCUT2D eigenvalue weighted by molar-refractivity contribution is -0.135. The van der Waals surface area contributed by atoms with Gasteiger partial charge in [-0.3, -0.25) is 4.79 Å². The van der Waals surface area contributed by atoms with Crippen molar-refractivity contribution in [3.05, 3.63) is 0 Å². The van der Waals surface area contributed by atoms with Crippen LogP contribution in [0.25, 0.3) is 0 Å². The van der Waals surface area contributed by atoms with E-state index < -0.39 is 6.23 Å². The number of aliphatic hydroxyl groups excluding tert-OH is 1. The summed E-state index contributed by atoms with van der Waals surface area (Å²) in [6, 6.07) is 0. The van der Waals surface area contributed by atoms with Crippen molar-refractivity contribution >= 4 is 5.91 Å². The number of likely N-dealkylation sites (tertiary alicyclic amines) is 1. The maximum atomic E-state index is 11.6. The number of hydrogen-bond donors (Lipinski definition) is 1. The maximum Gasteiger partial charge on any atom is 0.228 e. The van der Waals surface area contributed by atoms with Crippen LogP contribution in [0, 0.1) is 24.2 Å².